The highest BCUT2D eigenvalue weighted by Crippen LogP contribution is 2.10. The molecule has 1 heterocycles. The lowest BCUT2D eigenvalue weighted by atomic mass is 9.98. The van der Waals surface area contributed by atoms with E-state index in [1.807, 2.05) is 19.0 Å². The van der Waals surface area contributed by atoms with Gasteiger partial charge in [-0.3, -0.25) is 9.59 Å². The van der Waals surface area contributed by atoms with Gasteiger partial charge >= 0.3 is 0 Å². The minimum atomic E-state index is -0.0931. The van der Waals surface area contributed by atoms with Gasteiger partial charge in [-0.2, -0.15) is 0 Å². The first kappa shape index (κ1) is 14.9. The summed E-state index contributed by atoms with van der Waals surface area (Å²) in [5.41, 5.74) is 0. The smallest absolute Gasteiger partial charge is 0.224 e. The van der Waals surface area contributed by atoms with Crippen molar-refractivity contribution < 1.29 is 14.3 Å². The Morgan fingerprint density at radius 3 is 2.89 bits per heavy atom. The third kappa shape index (κ3) is 5.97. The molecule has 0 bridgehead atoms. The van der Waals surface area contributed by atoms with E-state index in [4.69, 9.17) is 4.74 Å². The standard InChI is InChI=1S/C12H23N3O3/c1-15(2)6-8-18-7-5-13-12(17)10-3-4-11(16)14-9-10/h10H,3-9H2,1-2H3,(H,13,17)(H,14,16). The van der Waals surface area contributed by atoms with Crippen LogP contribution < -0.4 is 10.6 Å². The summed E-state index contributed by atoms with van der Waals surface area (Å²) >= 11 is 0. The molecule has 1 atom stereocenters. The zero-order chi connectivity index (χ0) is 13.4. The Kier molecular flexibility index (Phi) is 6.67. The summed E-state index contributed by atoms with van der Waals surface area (Å²) in [5.74, 6) is -0.0539. The molecule has 104 valence electrons. The average Bonchev–Trinajstić information content (AvgIpc) is 2.34. The van der Waals surface area contributed by atoms with E-state index in [9.17, 15) is 9.59 Å². The predicted octanol–water partition coefficient (Wildman–Crippen LogP) is -0.793. The van der Waals surface area contributed by atoms with Crippen molar-refractivity contribution in [2.24, 2.45) is 5.92 Å². The van der Waals surface area contributed by atoms with Crippen LogP contribution in [0, 0.1) is 5.92 Å². The molecule has 0 radical (unpaired) electrons. The Bertz CT molecular complexity index is 272. The first-order chi connectivity index (χ1) is 8.59. The van der Waals surface area contributed by atoms with E-state index >= 15 is 0 Å². The fourth-order valence-corrected chi connectivity index (χ4v) is 1.70. The van der Waals surface area contributed by atoms with Crippen molar-refractivity contribution in [3.8, 4) is 0 Å². The van der Waals surface area contributed by atoms with Crippen LogP contribution in [0.3, 0.4) is 0 Å². The summed E-state index contributed by atoms with van der Waals surface area (Å²) in [5, 5.41) is 5.53. The first-order valence-corrected chi connectivity index (χ1v) is 6.36. The number of rotatable bonds is 7. The number of carbonyl (C=O) groups excluding carboxylic acids is 2. The minimum Gasteiger partial charge on any atom is -0.378 e. The van der Waals surface area contributed by atoms with Gasteiger partial charge in [0.25, 0.3) is 0 Å². The van der Waals surface area contributed by atoms with Crippen LogP contribution in [0.15, 0.2) is 0 Å². The van der Waals surface area contributed by atoms with Gasteiger partial charge in [-0.25, -0.2) is 0 Å². The third-order valence-corrected chi connectivity index (χ3v) is 2.86. The number of nitrogens with one attached hydrogen (secondary N) is 2. The zero-order valence-corrected chi connectivity index (χ0v) is 11.2. The molecule has 0 aliphatic carbocycles. The minimum absolute atomic E-state index is 0.00575. The molecular formula is C12H23N3O3. The summed E-state index contributed by atoms with van der Waals surface area (Å²) in [6.07, 6.45) is 1.08. The second-order valence-corrected chi connectivity index (χ2v) is 4.75. The van der Waals surface area contributed by atoms with Crippen molar-refractivity contribution in [3.05, 3.63) is 0 Å². The molecule has 0 aromatic rings. The number of carbonyl (C=O) groups is 2. The lowest BCUT2D eigenvalue weighted by Crippen LogP contribution is -2.43. The molecule has 2 amide bonds. The fraction of sp³-hybridized carbons (Fsp3) is 0.833. The molecule has 1 rings (SSSR count). The molecule has 1 aliphatic rings. The highest BCUT2D eigenvalue weighted by Gasteiger charge is 2.23. The summed E-state index contributed by atoms with van der Waals surface area (Å²) in [7, 11) is 3.98. The van der Waals surface area contributed by atoms with Crippen molar-refractivity contribution in [1.29, 1.82) is 0 Å². The lowest BCUT2D eigenvalue weighted by Gasteiger charge is -2.21. The molecule has 0 aromatic carbocycles. The number of likely N-dealkylation sites (N-methyl/N-ethyl adjacent to an activating group) is 1. The molecule has 6 heteroatoms. The number of nitrogens with zero attached hydrogens (tertiary/aromatic N) is 1. The second kappa shape index (κ2) is 8.05. The quantitative estimate of drug-likeness (QED) is 0.586. The molecule has 0 aromatic heterocycles. The molecule has 0 saturated carbocycles. The molecule has 1 aliphatic heterocycles. The molecule has 1 unspecified atom stereocenters. The maximum Gasteiger partial charge on any atom is 0.224 e. The first-order valence-electron chi connectivity index (χ1n) is 6.36. The number of amides is 2. The summed E-state index contributed by atoms with van der Waals surface area (Å²) in [6.45, 7) is 3.05. The largest absolute Gasteiger partial charge is 0.378 e. The van der Waals surface area contributed by atoms with Gasteiger partial charge in [0.2, 0.25) is 11.8 Å². The van der Waals surface area contributed by atoms with Gasteiger partial charge in [-0.05, 0) is 20.5 Å². The van der Waals surface area contributed by atoms with Crippen molar-refractivity contribution in [2.45, 2.75) is 12.8 Å². The van der Waals surface area contributed by atoms with Crippen LogP contribution in [0.4, 0.5) is 0 Å². The molecule has 1 saturated heterocycles. The van der Waals surface area contributed by atoms with Crippen molar-refractivity contribution in [2.75, 3.05) is 46.9 Å². The number of piperidine rings is 1. The van der Waals surface area contributed by atoms with Crippen LogP contribution in [0.5, 0.6) is 0 Å². The van der Waals surface area contributed by atoms with Crippen LogP contribution in [-0.2, 0) is 14.3 Å². The Morgan fingerprint density at radius 2 is 2.28 bits per heavy atom. The SMILES string of the molecule is CN(C)CCOCCNC(=O)C1CCC(=O)NC1. The Morgan fingerprint density at radius 1 is 1.50 bits per heavy atom. The number of hydrogen-bond donors (Lipinski definition) is 2. The van der Waals surface area contributed by atoms with Gasteiger partial charge in [0.05, 0.1) is 19.1 Å². The van der Waals surface area contributed by atoms with Crippen molar-refractivity contribution in [1.82, 2.24) is 15.5 Å². The van der Waals surface area contributed by atoms with E-state index < -0.39 is 0 Å². The summed E-state index contributed by atoms with van der Waals surface area (Å²) in [4.78, 5) is 24.7. The molecule has 2 N–H and O–H groups in total. The summed E-state index contributed by atoms with van der Waals surface area (Å²) < 4.78 is 5.37. The number of ether oxygens (including phenoxy) is 1. The van der Waals surface area contributed by atoms with Crippen molar-refractivity contribution in [3.63, 3.8) is 0 Å². The highest BCUT2D eigenvalue weighted by atomic mass is 16.5. The zero-order valence-electron chi connectivity index (χ0n) is 11.2. The van der Waals surface area contributed by atoms with Crippen molar-refractivity contribution >= 4 is 11.8 Å². The Hall–Kier alpha value is -1.14. The third-order valence-electron chi connectivity index (χ3n) is 2.86. The van der Waals surface area contributed by atoms with E-state index in [2.05, 4.69) is 10.6 Å². The van der Waals surface area contributed by atoms with Crippen LogP contribution >= 0.6 is 0 Å². The number of hydrogen-bond acceptors (Lipinski definition) is 4. The summed E-state index contributed by atoms with van der Waals surface area (Å²) in [6, 6.07) is 0. The van der Waals surface area contributed by atoms with Gasteiger partial charge in [0.15, 0.2) is 0 Å². The van der Waals surface area contributed by atoms with Gasteiger partial charge in [-0.15, -0.1) is 0 Å². The molecule has 18 heavy (non-hydrogen) atoms. The topological polar surface area (TPSA) is 70.7 Å². The molecular weight excluding hydrogens is 234 g/mol. The maximum absolute atomic E-state index is 11.7. The van der Waals surface area contributed by atoms with Gasteiger partial charge in [-0.1, -0.05) is 0 Å². The van der Waals surface area contributed by atoms with E-state index in [0.29, 0.717) is 39.1 Å². The molecule has 1 fully saturated rings. The van der Waals surface area contributed by atoms with Gasteiger partial charge in [0, 0.05) is 26.1 Å². The average molecular weight is 257 g/mol. The monoisotopic (exact) mass is 257 g/mol. The fourth-order valence-electron chi connectivity index (χ4n) is 1.70. The van der Waals surface area contributed by atoms with Gasteiger partial charge < -0.3 is 20.3 Å². The van der Waals surface area contributed by atoms with Crippen LogP contribution in [0.25, 0.3) is 0 Å². The van der Waals surface area contributed by atoms with E-state index in [-0.39, 0.29) is 17.7 Å². The highest BCUT2D eigenvalue weighted by molar-refractivity contribution is 5.83. The van der Waals surface area contributed by atoms with E-state index in [1.54, 1.807) is 0 Å². The van der Waals surface area contributed by atoms with Crippen LogP contribution in [0.1, 0.15) is 12.8 Å². The maximum atomic E-state index is 11.7. The molecule has 0 spiro atoms. The van der Waals surface area contributed by atoms with Crippen LogP contribution in [-0.4, -0.2) is 63.7 Å². The Labute approximate surface area is 108 Å². The predicted molar refractivity (Wildman–Crippen MR) is 68.1 cm³/mol. The van der Waals surface area contributed by atoms with E-state index in [1.165, 1.54) is 0 Å². The second-order valence-electron chi connectivity index (χ2n) is 4.75. The lowest BCUT2D eigenvalue weighted by molar-refractivity contribution is -0.129. The van der Waals surface area contributed by atoms with Gasteiger partial charge in [0.1, 0.15) is 0 Å². The Balaban J connectivity index is 2.01. The molecule has 6 nitrogen and oxygen atoms in total. The van der Waals surface area contributed by atoms with Crippen LogP contribution in [0.2, 0.25) is 0 Å². The normalized spacial score (nSPS) is 19.7. The van der Waals surface area contributed by atoms with E-state index in [0.717, 1.165) is 6.54 Å².